The second-order valence-corrected chi connectivity index (χ2v) is 6.20. The Labute approximate surface area is 149 Å². The number of thiophene rings is 1. The molecule has 0 atom stereocenters. The van der Waals surface area contributed by atoms with E-state index in [4.69, 9.17) is 16.3 Å². The normalized spacial score (nSPS) is 9.96. The van der Waals surface area contributed by atoms with Crippen molar-refractivity contribution in [1.82, 2.24) is 10.9 Å². The van der Waals surface area contributed by atoms with Crippen LogP contribution < -0.4 is 10.9 Å². The van der Waals surface area contributed by atoms with Crippen LogP contribution in [0.2, 0.25) is 4.34 Å². The summed E-state index contributed by atoms with van der Waals surface area (Å²) in [5.41, 5.74) is 4.10. The van der Waals surface area contributed by atoms with E-state index in [0.29, 0.717) is 4.34 Å². The summed E-state index contributed by atoms with van der Waals surface area (Å²) in [5.74, 6) is -2.15. The molecule has 11 heteroatoms. The summed E-state index contributed by atoms with van der Waals surface area (Å²) >= 11 is 6.69. The van der Waals surface area contributed by atoms with E-state index in [1.807, 2.05) is 0 Å². The lowest BCUT2D eigenvalue weighted by atomic mass is 10.2. The van der Waals surface area contributed by atoms with Crippen molar-refractivity contribution in [3.8, 4) is 0 Å². The van der Waals surface area contributed by atoms with E-state index in [1.54, 1.807) is 0 Å². The maximum Gasteiger partial charge on any atom is 0.348 e. The molecule has 0 saturated carbocycles. The standard InChI is InChI=1S/C14H10ClN3O6S/c15-11-6-5-10(25-11)14(21)24-7-12(19)16-17-13(20)8-1-3-9(4-2-8)18(22)23/h1-6H,7H2,(H,16,19)(H,17,20). The Balaban J connectivity index is 1.78. The number of hydrazine groups is 1. The molecule has 1 heterocycles. The number of carbonyl (C=O) groups is 3. The zero-order chi connectivity index (χ0) is 18.4. The van der Waals surface area contributed by atoms with Crippen LogP contribution in [0.25, 0.3) is 0 Å². The summed E-state index contributed by atoms with van der Waals surface area (Å²) < 4.78 is 5.17. The number of hydrogen-bond acceptors (Lipinski definition) is 7. The number of nitro benzene ring substituents is 1. The highest BCUT2D eigenvalue weighted by atomic mass is 35.5. The number of amides is 2. The lowest BCUT2D eigenvalue weighted by Gasteiger charge is -2.07. The number of ether oxygens (including phenoxy) is 1. The Morgan fingerprint density at radius 3 is 2.36 bits per heavy atom. The van der Waals surface area contributed by atoms with E-state index < -0.39 is 29.3 Å². The molecule has 0 radical (unpaired) electrons. The second-order valence-electron chi connectivity index (χ2n) is 4.49. The highest BCUT2D eigenvalue weighted by Gasteiger charge is 2.14. The summed E-state index contributed by atoms with van der Waals surface area (Å²) in [7, 11) is 0. The number of nitro groups is 1. The number of benzene rings is 1. The van der Waals surface area contributed by atoms with Crippen molar-refractivity contribution in [2.45, 2.75) is 0 Å². The highest BCUT2D eigenvalue weighted by molar-refractivity contribution is 7.17. The van der Waals surface area contributed by atoms with Crippen molar-refractivity contribution in [3.05, 3.63) is 61.3 Å². The van der Waals surface area contributed by atoms with Crippen LogP contribution in [0.5, 0.6) is 0 Å². The van der Waals surface area contributed by atoms with Crippen molar-refractivity contribution >= 4 is 46.4 Å². The molecular formula is C14H10ClN3O6S. The smallest absolute Gasteiger partial charge is 0.348 e. The van der Waals surface area contributed by atoms with Crippen LogP contribution in [0.15, 0.2) is 36.4 Å². The van der Waals surface area contributed by atoms with Crippen LogP contribution >= 0.6 is 22.9 Å². The Morgan fingerprint density at radius 1 is 1.12 bits per heavy atom. The predicted molar refractivity (Wildman–Crippen MR) is 88.3 cm³/mol. The van der Waals surface area contributed by atoms with Gasteiger partial charge in [0.05, 0.1) is 9.26 Å². The van der Waals surface area contributed by atoms with Gasteiger partial charge in [0.25, 0.3) is 17.5 Å². The first-order valence-electron chi connectivity index (χ1n) is 6.63. The molecular weight excluding hydrogens is 374 g/mol. The Hall–Kier alpha value is -2.98. The topological polar surface area (TPSA) is 128 Å². The van der Waals surface area contributed by atoms with E-state index in [1.165, 1.54) is 24.3 Å². The maximum absolute atomic E-state index is 11.8. The first-order chi connectivity index (χ1) is 11.9. The number of rotatable bonds is 5. The number of nitrogens with one attached hydrogen (secondary N) is 2. The minimum absolute atomic E-state index is 0.108. The van der Waals surface area contributed by atoms with E-state index in [-0.39, 0.29) is 16.1 Å². The monoisotopic (exact) mass is 383 g/mol. The Kier molecular flexibility index (Phi) is 6.03. The molecule has 1 aromatic carbocycles. The molecule has 2 rings (SSSR count). The van der Waals surface area contributed by atoms with Crippen molar-refractivity contribution in [1.29, 1.82) is 0 Å². The quantitative estimate of drug-likeness (QED) is 0.461. The van der Waals surface area contributed by atoms with Gasteiger partial charge in [0.15, 0.2) is 6.61 Å². The van der Waals surface area contributed by atoms with Crippen molar-refractivity contribution in [2.24, 2.45) is 0 Å². The molecule has 0 saturated heterocycles. The van der Waals surface area contributed by atoms with Gasteiger partial charge in [0, 0.05) is 17.7 Å². The van der Waals surface area contributed by atoms with E-state index in [2.05, 4.69) is 10.9 Å². The lowest BCUT2D eigenvalue weighted by Crippen LogP contribution is -2.43. The molecule has 2 amide bonds. The minimum Gasteiger partial charge on any atom is -0.451 e. The Bertz CT molecular complexity index is 820. The summed E-state index contributed by atoms with van der Waals surface area (Å²) in [5, 5.41) is 10.5. The third-order valence-electron chi connectivity index (χ3n) is 2.76. The summed E-state index contributed by atoms with van der Waals surface area (Å²) in [6.07, 6.45) is 0. The predicted octanol–water partition coefficient (Wildman–Crippen LogP) is 1.93. The fourth-order valence-electron chi connectivity index (χ4n) is 1.60. The minimum atomic E-state index is -0.758. The highest BCUT2D eigenvalue weighted by Crippen LogP contribution is 2.21. The molecule has 0 aliphatic heterocycles. The molecule has 0 aliphatic rings. The van der Waals surface area contributed by atoms with Gasteiger partial charge in [-0.15, -0.1) is 11.3 Å². The van der Waals surface area contributed by atoms with Crippen LogP contribution in [-0.2, 0) is 9.53 Å². The molecule has 0 bridgehead atoms. The lowest BCUT2D eigenvalue weighted by molar-refractivity contribution is -0.384. The molecule has 0 spiro atoms. The van der Waals surface area contributed by atoms with Gasteiger partial charge in [-0.25, -0.2) is 4.79 Å². The van der Waals surface area contributed by atoms with Crippen LogP contribution in [0.4, 0.5) is 5.69 Å². The summed E-state index contributed by atoms with van der Waals surface area (Å²) in [6, 6.07) is 7.77. The van der Waals surface area contributed by atoms with E-state index in [0.717, 1.165) is 23.5 Å². The van der Waals surface area contributed by atoms with E-state index in [9.17, 15) is 24.5 Å². The third-order valence-corrected chi connectivity index (χ3v) is 3.98. The fraction of sp³-hybridized carbons (Fsp3) is 0.0714. The molecule has 0 aliphatic carbocycles. The summed E-state index contributed by atoms with van der Waals surface area (Å²) in [6.45, 7) is -0.602. The molecule has 2 aromatic rings. The fourth-order valence-corrected chi connectivity index (χ4v) is 2.53. The molecule has 9 nitrogen and oxygen atoms in total. The zero-order valence-corrected chi connectivity index (χ0v) is 13.9. The van der Waals surface area contributed by atoms with Gasteiger partial charge in [0.1, 0.15) is 4.88 Å². The SMILES string of the molecule is O=C(COC(=O)c1ccc(Cl)s1)NNC(=O)c1ccc([N+](=O)[O-])cc1. The largest absolute Gasteiger partial charge is 0.451 e. The van der Waals surface area contributed by atoms with Gasteiger partial charge in [0.2, 0.25) is 0 Å². The first-order valence-corrected chi connectivity index (χ1v) is 7.82. The van der Waals surface area contributed by atoms with Crippen molar-refractivity contribution in [3.63, 3.8) is 0 Å². The van der Waals surface area contributed by atoms with Crippen LogP contribution in [0.3, 0.4) is 0 Å². The molecule has 130 valence electrons. The van der Waals surface area contributed by atoms with Gasteiger partial charge in [-0.05, 0) is 24.3 Å². The van der Waals surface area contributed by atoms with Gasteiger partial charge in [-0.3, -0.25) is 30.6 Å². The number of hydrogen-bond donors (Lipinski definition) is 2. The van der Waals surface area contributed by atoms with Crippen molar-refractivity contribution < 1.29 is 24.0 Å². The molecule has 1 aromatic heterocycles. The maximum atomic E-state index is 11.8. The number of carbonyl (C=O) groups excluding carboxylic acids is 3. The second kappa shape index (κ2) is 8.22. The van der Waals surface area contributed by atoms with Crippen LogP contribution in [0.1, 0.15) is 20.0 Å². The van der Waals surface area contributed by atoms with E-state index >= 15 is 0 Å². The van der Waals surface area contributed by atoms with Crippen molar-refractivity contribution in [2.75, 3.05) is 6.61 Å². The average molecular weight is 384 g/mol. The number of non-ortho nitro benzene ring substituents is 1. The van der Waals surface area contributed by atoms with Crippen LogP contribution in [0, 0.1) is 10.1 Å². The Morgan fingerprint density at radius 2 is 1.80 bits per heavy atom. The summed E-state index contributed by atoms with van der Waals surface area (Å²) in [4.78, 5) is 45.1. The van der Waals surface area contributed by atoms with Crippen LogP contribution in [-0.4, -0.2) is 29.3 Å². The molecule has 25 heavy (non-hydrogen) atoms. The van der Waals surface area contributed by atoms with Gasteiger partial charge in [-0.1, -0.05) is 11.6 Å². The van der Waals surface area contributed by atoms with Gasteiger partial charge < -0.3 is 4.74 Å². The molecule has 0 fully saturated rings. The third kappa shape index (κ3) is 5.26. The molecule has 0 unspecified atom stereocenters. The van der Waals surface area contributed by atoms with Gasteiger partial charge in [-0.2, -0.15) is 0 Å². The van der Waals surface area contributed by atoms with Gasteiger partial charge >= 0.3 is 5.97 Å². The number of nitrogens with zero attached hydrogens (tertiary/aromatic N) is 1. The first kappa shape index (κ1) is 18.4. The number of halogens is 1. The average Bonchev–Trinajstić information content (AvgIpc) is 3.04. The molecule has 2 N–H and O–H groups in total. The number of esters is 1. The zero-order valence-electron chi connectivity index (χ0n) is 12.4.